The second kappa shape index (κ2) is 11.8. The molecule has 0 radical (unpaired) electrons. The van der Waals surface area contributed by atoms with Crippen molar-refractivity contribution in [3.05, 3.63) is 94.6 Å². The summed E-state index contributed by atoms with van der Waals surface area (Å²) < 4.78 is 14.0. The highest BCUT2D eigenvalue weighted by Gasteiger charge is 2.23. The van der Waals surface area contributed by atoms with Crippen LogP contribution in [0.4, 0.5) is 15.9 Å². The van der Waals surface area contributed by atoms with E-state index in [2.05, 4.69) is 4.98 Å². The molecule has 36 heavy (non-hydrogen) atoms. The number of nitrogens with zero attached hydrogens (tertiary/aromatic N) is 4. The minimum atomic E-state index is -0.135. The number of anilines is 2. The molecule has 0 atom stereocenters. The van der Waals surface area contributed by atoms with Gasteiger partial charge in [-0.3, -0.25) is 14.4 Å². The molecule has 2 aromatic carbocycles. The summed E-state index contributed by atoms with van der Waals surface area (Å²) in [4.78, 5) is 19.5. The standard InChI is InChI=1S/C18H25N7O.C9H9F/c19-8-1-3-14-13-24(18(26)17(22-14)23-10-2-11-23)15-4-6-16(7-5-15)25(21)12-9-20;10-9-5-3-8(4-6-9)7-1-2-7/h4-7,9,12-13H,1-3,8,10-11,19-21H2;3-7H,1-2H2/b12-9-;. The lowest BCUT2D eigenvalue weighted by atomic mass is 10.1. The molecule has 3 aromatic rings. The smallest absolute Gasteiger partial charge is 0.298 e. The summed E-state index contributed by atoms with van der Waals surface area (Å²) in [6.07, 6.45) is 9.95. The lowest BCUT2D eigenvalue weighted by molar-refractivity contribution is 0.600. The summed E-state index contributed by atoms with van der Waals surface area (Å²) in [6, 6.07) is 14.2. The predicted molar refractivity (Wildman–Crippen MR) is 142 cm³/mol. The maximum atomic E-state index is 12.9. The molecule has 0 spiro atoms. The number of aromatic nitrogens is 2. The minimum Gasteiger partial charge on any atom is -0.403 e. The van der Waals surface area contributed by atoms with Gasteiger partial charge in [0.15, 0.2) is 5.82 Å². The zero-order chi connectivity index (χ0) is 25.5. The maximum absolute atomic E-state index is 12.9. The van der Waals surface area contributed by atoms with E-state index >= 15 is 0 Å². The van der Waals surface area contributed by atoms with Crippen LogP contribution in [0.1, 0.15) is 42.9 Å². The number of aryl methyl sites for hydroxylation is 1. The minimum absolute atomic E-state index is 0.111. The van der Waals surface area contributed by atoms with Gasteiger partial charge in [0.25, 0.3) is 5.56 Å². The molecule has 2 aliphatic rings. The summed E-state index contributed by atoms with van der Waals surface area (Å²) >= 11 is 0. The van der Waals surface area contributed by atoms with E-state index in [9.17, 15) is 9.18 Å². The average Bonchev–Trinajstić information content (AvgIpc) is 3.70. The number of nitrogens with two attached hydrogens (primary N) is 3. The van der Waals surface area contributed by atoms with Crippen molar-refractivity contribution in [1.82, 2.24) is 9.55 Å². The second-order valence-corrected chi connectivity index (χ2v) is 9.05. The van der Waals surface area contributed by atoms with E-state index < -0.39 is 0 Å². The van der Waals surface area contributed by atoms with Crippen LogP contribution in [0.5, 0.6) is 0 Å². The fourth-order valence-corrected chi connectivity index (χ4v) is 3.97. The normalized spacial score (nSPS) is 14.8. The van der Waals surface area contributed by atoms with Crippen LogP contribution in [0.3, 0.4) is 0 Å². The largest absolute Gasteiger partial charge is 0.403 e. The molecule has 8 nitrogen and oxygen atoms in total. The van der Waals surface area contributed by atoms with E-state index in [0.29, 0.717) is 12.4 Å². The van der Waals surface area contributed by atoms with Crippen LogP contribution in [0.15, 0.2) is 71.9 Å². The van der Waals surface area contributed by atoms with Crippen molar-refractivity contribution >= 4 is 11.5 Å². The molecule has 6 N–H and O–H groups in total. The van der Waals surface area contributed by atoms with Crippen molar-refractivity contribution in [2.75, 3.05) is 29.5 Å². The molecule has 9 heteroatoms. The molecule has 1 aliphatic carbocycles. The first-order valence-electron chi connectivity index (χ1n) is 12.4. The first-order chi connectivity index (χ1) is 17.5. The zero-order valence-electron chi connectivity index (χ0n) is 20.4. The van der Waals surface area contributed by atoms with Crippen LogP contribution in [0.25, 0.3) is 5.69 Å². The highest BCUT2D eigenvalue weighted by Crippen LogP contribution is 2.39. The Morgan fingerprint density at radius 1 is 1.08 bits per heavy atom. The third-order valence-electron chi connectivity index (χ3n) is 6.32. The van der Waals surface area contributed by atoms with E-state index in [-0.39, 0.29) is 11.4 Å². The first kappa shape index (κ1) is 25.4. The van der Waals surface area contributed by atoms with E-state index in [1.165, 1.54) is 41.7 Å². The molecule has 1 saturated carbocycles. The van der Waals surface area contributed by atoms with E-state index in [1.807, 2.05) is 41.3 Å². The Morgan fingerprint density at radius 3 is 2.33 bits per heavy atom. The quantitative estimate of drug-likeness (QED) is 0.327. The Balaban J connectivity index is 0.000000251. The van der Waals surface area contributed by atoms with E-state index in [0.717, 1.165) is 55.3 Å². The van der Waals surface area contributed by atoms with Gasteiger partial charge in [0.1, 0.15) is 5.82 Å². The Morgan fingerprint density at radius 2 is 1.78 bits per heavy atom. The summed E-state index contributed by atoms with van der Waals surface area (Å²) in [5.41, 5.74) is 14.6. The van der Waals surface area contributed by atoms with Gasteiger partial charge in [-0.1, -0.05) is 12.1 Å². The van der Waals surface area contributed by atoms with Crippen molar-refractivity contribution in [2.24, 2.45) is 17.3 Å². The number of hydrazine groups is 1. The highest BCUT2D eigenvalue weighted by atomic mass is 19.1. The van der Waals surface area contributed by atoms with E-state index in [1.54, 1.807) is 17.0 Å². The van der Waals surface area contributed by atoms with Crippen LogP contribution in [0, 0.1) is 5.82 Å². The third-order valence-corrected chi connectivity index (χ3v) is 6.32. The summed E-state index contributed by atoms with van der Waals surface area (Å²) in [5, 5.41) is 1.41. The van der Waals surface area contributed by atoms with Crippen molar-refractivity contribution in [2.45, 2.75) is 38.0 Å². The number of benzene rings is 2. The van der Waals surface area contributed by atoms with Gasteiger partial charge in [-0.05, 0) is 86.5 Å². The van der Waals surface area contributed by atoms with Crippen molar-refractivity contribution in [1.29, 1.82) is 0 Å². The van der Waals surface area contributed by atoms with Gasteiger partial charge in [0.05, 0.1) is 11.4 Å². The van der Waals surface area contributed by atoms with Gasteiger partial charge < -0.3 is 16.4 Å². The first-order valence-corrected chi connectivity index (χ1v) is 12.4. The zero-order valence-corrected chi connectivity index (χ0v) is 20.4. The van der Waals surface area contributed by atoms with Crippen molar-refractivity contribution < 1.29 is 4.39 Å². The fraction of sp³-hybridized carbons (Fsp3) is 0.333. The molecular weight excluding hydrogens is 457 g/mol. The molecule has 2 fully saturated rings. The van der Waals surface area contributed by atoms with Gasteiger partial charge in [-0.2, -0.15) is 0 Å². The van der Waals surface area contributed by atoms with Gasteiger partial charge in [0, 0.05) is 37.4 Å². The maximum Gasteiger partial charge on any atom is 0.298 e. The lowest BCUT2D eigenvalue weighted by Gasteiger charge is -2.31. The average molecular weight is 492 g/mol. The van der Waals surface area contributed by atoms with Gasteiger partial charge in [-0.15, -0.1) is 0 Å². The summed E-state index contributed by atoms with van der Waals surface area (Å²) in [7, 11) is 0. The molecule has 0 bridgehead atoms. The van der Waals surface area contributed by atoms with Gasteiger partial charge >= 0.3 is 0 Å². The molecular formula is C27H34FN7O. The molecule has 1 aromatic heterocycles. The Bertz CT molecular complexity index is 1220. The predicted octanol–water partition coefficient (Wildman–Crippen LogP) is 3.15. The monoisotopic (exact) mass is 491 g/mol. The Hall–Kier alpha value is -3.69. The molecule has 1 aliphatic heterocycles. The van der Waals surface area contributed by atoms with Crippen LogP contribution < -0.4 is 32.8 Å². The van der Waals surface area contributed by atoms with Crippen LogP contribution in [0.2, 0.25) is 0 Å². The number of rotatable bonds is 8. The number of halogens is 1. The highest BCUT2D eigenvalue weighted by molar-refractivity contribution is 5.52. The SMILES string of the molecule is Fc1ccc(C2CC2)cc1.N/C=C\N(N)c1ccc(-n2cc(CCCN)nc(N3CCC3)c2=O)cc1. The molecule has 0 amide bonds. The van der Waals surface area contributed by atoms with Crippen LogP contribution in [-0.4, -0.2) is 29.2 Å². The van der Waals surface area contributed by atoms with Crippen LogP contribution in [-0.2, 0) is 6.42 Å². The van der Waals surface area contributed by atoms with Gasteiger partial charge in [0.2, 0.25) is 0 Å². The second-order valence-electron chi connectivity index (χ2n) is 9.05. The number of hydrogen-bond donors (Lipinski definition) is 3. The Labute approximate surface area is 210 Å². The third kappa shape index (κ3) is 6.30. The molecule has 2 heterocycles. The van der Waals surface area contributed by atoms with Crippen LogP contribution >= 0.6 is 0 Å². The summed E-state index contributed by atoms with van der Waals surface area (Å²) in [6.45, 7) is 2.33. The molecule has 5 rings (SSSR count). The number of hydrogen-bond acceptors (Lipinski definition) is 7. The summed E-state index contributed by atoms with van der Waals surface area (Å²) in [5.74, 6) is 6.98. The van der Waals surface area contributed by atoms with Crippen molar-refractivity contribution in [3.63, 3.8) is 0 Å². The lowest BCUT2D eigenvalue weighted by Crippen LogP contribution is -2.42. The fourth-order valence-electron chi connectivity index (χ4n) is 3.97. The molecule has 0 unspecified atom stereocenters. The topological polar surface area (TPSA) is 119 Å². The Kier molecular flexibility index (Phi) is 8.35. The molecule has 1 saturated heterocycles. The van der Waals surface area contributed by atoms with Gasteiger partial charge in [-0.25, -0.2) is 15.2 Å². The van der Waals surface area contributed by atoms with Crippen molar-refractivity contribution in [3.8, 4) is 5.69 Å². The molecule has 190 valence electrons. The van der Waals surface area contributed by atoms with E-state index in [4.69, 9.17) is 17.3 Å².